The Morgan fingerprint density at radius 3 is 2.54 bits per heavy atom. The molecule has 1 fully saturated rings. The lowest BCUT2D eigenvalue weighted by Gasteiger charge is -2.34. The number of rotatable bonds is 3. The predicted octanol–water partition coefficient (Wildman–Crippen LogP) is 4.33. The molecule has 4 nitrogen and oxygen atoms in total. The first-order valence-corrected chi connectivity index (χ1v) is 10.2. The van der Waals surface area contributed by atoms with Gasteiger partial charge in [-0.05, 0) is 39.5 Å². The molecular weight excluding hydrogens is 412 g/mol. The molecule has 6 heteroatoms. The first-order valence-electron chi connectivity index (χ1n) is 8.58. The van der Waals surface area contributed by atoms with Crippen molar-refractivity contribution in [2.45, 2.75) is 6.54 Å². The molecule has 26 heavy (non-hydrogen) atoms. The lowest BCUT2D eigenvalue weighted by Crippen LogP contribution is -2.48. The average molecular weight is 431 g/mol. The molecule has 2 aromatic carbocycles. The molecule has 1 aromatic heterocycles. The van der Waals surface area contributed by atoms with Gasteiger partial charge < -0.3 is 10.0 Å². The van der Waals surface area contributed by atoms with Crippen molar-refractivity contribution >= 4 is 43.9 Å². The fourth-order valence-electron chi connectivity index (χ4n) is 3.36. The van der Waals surface area contributed by atoms with E-state index in [-0.39, 0.29) is 11.7 Å². The average Bonchev–Trinajstić information content (AvgIpc) is 3.07. The third kappa shape index (κ3) is 3.49. The third-order valence-corrected chi connectivity index (χ3v) is 6.41. The first-order chi connectivity index (χ1) is 12.6. The molecule has 1 aliphatic heterocycles. The number of nitrogens with zero attached hydrogens (tertiary/aromatic N) is 2. The largest absolute Gasteiger partial charge is 0.506 e. The number of piperazine rings is 1. The highest BCUT2D eigenvalue weighted by Crippen LogP contribution is 2.30. The van der Waals surface area contributed by atoms with E-state index in [1.165, 1.54) is 4.88 Å². The number of aromatic hydroxyl groups is 1. The second-order valence-electron chi connectivity index (χ2n) is 6.46. The van der Waals surface area contributed by atoms with E-state index in [0.717, 1.165) is 34.2 Å². The number of benzene rings is 2. The Kier molecular flexibility index (Phi) is 4.98. The molecule has 0 atom stereocenters. The van der Waals surface area contributed by atoms with Crippen molar-refractivity contribution in [3.05, 3.63) is 62.8 Å². The maximum Gasteiger partial charge on any atom is 0.257 e. The Balaban J connectivity index is 1.44. The zero-order chi connectivity index (χ0) is 18.1. The van der Waals surface area contributed by atoms with Crippen LogP contribution in [0.5, 0.6) is 5.75 Å². The smallest absolute Gasteiger partial charge is 0.257 e. The van der Waals surface area contributed by atoms with Crippen LogP contribution in [0.2, 0.25) is 0 Å². The molecule has 1 N–H and O–H groups in total. The summed E-state index contributed by atoms with van der Waals surface area (Å²) in [5.74, 6) is -0.00858. The van der Waals surface area contributed by atoms with Gasteiger partial charge in [0.2, 0.25) is 0 Å². The summed E-state index contributed by atoms with van der Waals surface area (Å²) in [7, 11) is 0. The molecule has 0 saturated carbocycles. The number of carbonyl (C=O) groups excluding carboxylic acids is 1. The summed E-state index contributed by atoms with van der Waals surface area (Å²) in [6, 6.07) is 15.4. The van der Waals surface area contributed by atoms with E-state index >= 15 is 0 Å². The second kappa shape index (κ2) is 7.39. The van der Waals surface area contributed by atoms with Crippen LogP contribution in [-0.2, 0) is 6.54 Å². The van der Waals surface area contributed by atoms with Crippen molar-refractivity contribution < 1.29 is 9.90 Å². The fraction of sp³-hybridized carbons (Fsp3) is 0.250. The van der Waals surface area contributed by atoms with Gasteiger partial charge in [-0.1, -0.05) is 30.3 Å². The number of amides is 1. The van der Waals surface area contributed by atoms with Crippen molar-refractivity contribution in [2.24, 2.45) is 0 Å². The molecule has 134 valence electrons. The van der Waals surface area contributed by atoms with Crippen LogP contribution in [0.25, 0.3) is 10.8 Å². The van der Waals surface area contributed by atoms with Crippen LogP contribution in [0, 0.1) is 0 Å². The monoisotopic (exact) mass is 430 g/mol. The molecule has 1 aliphatic rings. The topological polar surface area (TPSA) is 43.8 Å². The number of phenolic OH excluding ortho intramolecular Hbond substituents is 1. The highest BCUT2D eigenvalue weighted by Gasteiger charge is 2.24. The molecule has 4 rings (SSSR count). The number of phenols is 1. The van der Waals surface area contributed by atoms with E-state index in [1.807, 2.05) is 35.2 Å². The standard InChI is InChI=1S/C20H19BrN2O2S/c21-18-8-6-15(26-18)13-22-9-11-23(12-10-22)20(25)17-7-5-14-3-1-2-4-16(14)19(17)24/h1-8,24H,9-13H2. The Hall–Kier alpha value is -1.89. The van der Waals surface area contributed by atoms with E-state index in [4.69, 9.17) is 0 Å². The summed E-state index contributed by atoms with van der Waals surface area (Å²) in [4.78, 5) is 18.4. The van der Waals surface area contributed by atoms with Gasteiger partial charge in [0.15, 0.2) is 0 Å². The normalized spacial score (nSPS) is 15.5. The molecule has 2 heterocycles. The van der Waals surface area contributed by atoms with Crippen molar-refractivity contribution in [1.82, 2.24) is 9.80 Å². The van der Waals surface area contributed by atoms with Crippen LogP contribution in [0.15, 0.2) is 52.3 Å². The van der Waals surface area contributed by atoms with E-state index in [1.54, 1.807) is 17.4 Å². The summed E-state index contributed by atoms with van der Waals surface area (Å²) in [5, 5.41) is 12.2. The van der Waals surface area contributed by atoms with Crippen LogP contribution < -0.4 is 0 Å². The van der Waals surface area contributed by atoms with Gasteiger partial charge in [0.05, 0.1) is 9.35 Å². The number of fused-ring (bicyclic) bond motifs is 1. The van der Waals surface area contributed by atoms with Gasteiger partial charge in [0, 0.05) is 43.0 Å². The van der Waals surface area contributed by atoms with Gasteiger partial charge in [-0.25, -0.2) is 0 Å². The zero-order valence-corrected chi connectivity index (χ0v) is 16.6. The number of halogens is 1. The Labute approximate surface area is 164 Å². The highest BCUT2D eigenvalue weighted by molar-refractivity contribution is 9.11. The van der Waals surface area contributed by atoms with Gasteiger partial charge in [-0.2, -0.15) is 0 Å². The minimum absolute atomic E-state index is 0.0824. The number of hydrogen-bond acceptors (Lipinski definition) is 4. The Morgan fingerprint density at radius 2 is 1.81 bits per heavy atom. The van der Waals surface area contributed by atoms with Crippen LogP contribution in [0.1, 0.15) is 15.2 Å². The summed E-state index contributed by atoms with van der Waals surface area (Å²) in [6.45, 7) is 3.96. The lowest BCUT2D eigenvalue weighted by atomic mass is 10.0. The molecule has 0 radical (unpaired) electrons. The molecule has 1 saturated heterocycles. The van der Waals surface area contributed by atoms with Crippen LogP contribution in [-0.4, -0.2) is 47.0 Å². The summed E-state index contributed by atoms with van der Waals surface area (Å²) < 4.78 is 1.15. The SMILES string of the molecule is O=C(c1ccc2ccccc2c1O)N1CCN(Cc2ccc(Br)s2)CC1. The van der Waals surface area contributed by atoms with Gasteiger partial charge in [0.25, 0.3) is 5.91 Å². The minimum atomic E-state index is -0.0910. The molecule has 0 unspecified atom stereocenters. The first kappa shape index (κ1) is 17.5. The van der Waals surface area contributed by atoms with Crippen LogP contribution in [0.4, 0.5) is 0 Å². The minimum Gasteiger partial charge on any atom is -0.506 e. The molecule has 0 spiro atoms. The van der Waals surface area contributed by atoms with E-state index in [9.17, 15) is 9.90 Å². The lowest BCUT2D eigenvalue weighted by molar-refractivity contribution is 0.0627. The van der Waals surface area contributed by atoms with Crippen molar-refractivity contribution in [1.29, 1.82) is 0 Å². The molecule has 1 amide bonds. The number of hydrogen-bond donors (Lipinski definition) is 1. The van der Waals surface area contributed by atoms with Crippen molar-refractivity contribution in [3.63, 3.8) is 0 Å². The quantitative estimate of drug-likeness (QED) is 0.672. The van der Waals surface area contributed by atoms with Gasteiger partial charge in [-0.15, -0.1) is 11.3 Å². The van der Waals surface area contributed by atoms with Crippen molar-refractivity contribution in [2.75, 3.05) is 26.2 Å². The molecule has 0 bridgehead atoms. The third-order valence-electron chi connectivity index (χ3n) is 4.80. The number of carbonyl (C=O) groups is 1. The van der Waals surface area contributed by atoms with Crippen LogP contribution in [0.3, 0.4) is 0 Å². The summed E-state index contributed by atoms with van der Waals surface area (Å²) in [5.41, 5.74) is 0.388. The fourth-order valence-corrected chi connectivity index (χ4v) is 4.89. The van der Waals surface area contributed by atoms with Gasteiger partial charge >= 0.3 is 0 Å². The van der Waals surface area contributed by atoms with Crippen LogP contribution >= 0.6 is 27.3 Å². The Morgan fingerprint density at radius 1 is 1.04 bits per heavy atom. The zero-order valence-electron chi connectivity index (χ0n) is 14.2. The Bertz CT molecular complexity index is 948. The highest BCUT2D eigenvalue weighted by atomic mass is 79.9. The number of thiophene rings is 1. The molecular formula is C20H19BrN2O2S. The maximum atomic E-state index is 12.9. The van der Waals surface area contributed by atoms with Gasteiger partial charge in [0.1, 0.15) is 5.75 Å². The molecule has 3 aromatic rings. The van der Waals surface area contributed by atoms with E-state index in [0.29, 0.717) is 18.7 Å². The van der Waals surface area contributed by atoms with Gasteiger partial charge in [-0.3, -0.25) is 9.69 Å². The summed E-state index contributed by atoms with van der Waals surface area (Å²) in [6.07, 6.45) is 0. The summed E-state index contributed by atoms with van der Waals surface area (Å²) >= 11 is 5.25. The van der Waals surface area contributed by atoms with E-state index < -0.39 is 0 Å². The maximum absolute atomic E-state index is 12.9. The molecule has 0 aliphatic carbocycles. The van der Waals surface area contributed by atoms with Crippen molar-refractivity contribution in [3.8, 4) is 5.75 Å². The second-order valence-corrected chi connectivity index (χ2v) is 9.00. The predicted molar refractivity (Wildman–Crippen MR) is 109 cm³/mol. The van der Waals surface area contributed by atoms with E-state index in [2.05, 4.69) is 33.0 Å².